The summed E-state index contributed by atoms with van der Waals surface area (Å²) in [4.78, 5) is 22.1. The molecule has 1 aliphatic rings. The normalized spacial score (nSPS) is 15.8. The minimum Gasteiger partial charge on any atom is -0.339 e. The van der Waals surface area contributed by atoms with E-state index in [0.29, 0.717) is 18.1 Å². The lowest BCUT2D eigenvalue weighted by atomic mass is 9.89. The fraction of sp³-hybridized carbons (Fsp3) is 0.250. The van der Waals surface area contributed by atoms with Gasteiger partial charge in [-0.3, -0.25) is 14.7 Å². The smallest absolute Gasteiger partial charge is 0.234 e. The maximum atomic E-state index is 13.6. The number of piperazine rings is 1. The Balaban J connectivity index is 1.50. The zero-order valence-electron chi connectivity index (χ0n) is 16.2. The van der Waals surface area contributed by atoms with Gasteiger partial charge in [-0.1, -0.05) is 66.2 Å². The molecule has 1 amide bonds. The molecule has 0 spiro atoms. The van der Waals surface area contributed by atoms with Gasteiger partial charge in [-0.25, -0.2) is 0 Å². The highest BCUT2D eigenvalue weighted by Gasteiger charge is 2.31. The van der Waals surface area contributed by atoms with Gasteiger partial charge < -0.3 is 4.90 Å². The molecule has 3 aromatic rings. The summed E-state index contributed by atoms with van der Waals surface area (Å²) in [5.74, 6) is -0.264. The number of hydrogen-bond acceptors (Lipinski definition) is 3. The van der Waals surface area contributed by atoms with Gasteiger partial charge in [-0.15, -0.1) is 0 Å². The fourth-order valence-electron chi connectivity index (χ4n) is 3.87. The fourth-order valence-corrected chi connectivity index (χ4v) is 4.11. The second kappa shape index (κ2) is 9.21. The first-order valence-electron chi connectivity index (χ1n) is 9.92. The first-order valence-corrected chi connectivity index (χ1v) is 10.3. The number of carbonyl (C=O) groups excluding carboxylic acids is 1. The van der Waals surface area contributed by atoms with Crippen molar-refractivity contribution in [1.29, 1.82) is 0 Å². The molecule has 0 saturated carbocycles. The van der Waals surface area contributed by atoms with E-state index in [0.717, 1.165) is 30.8 Å². The molecule has 1 aliphatic heterocycles. The van der Waals surface area contributed by atoms with Crippen LogP contribution in [0.1, 0.15) is 22.6 Å². The topological polar surface area (TPSA) is 36.4 Å². The van der Waals surface area contributed by atoms with Crippen molar-refractivity contribution in [2.24, 2.45) is 0 Å². The molecule has 4 rings (SSSR count). The highest BCUT2D eigenvalue weighted by atomic mass is 35.5. The van der Waals surface area contributed by atoms with E-state index in [2.05, 4.69) is 16.0 Å². The molecule has 148 valence electrons. The van der Waals surface area contributed by atoms with Crippen LogP contribution in [0.15, 0.2) is 79.1 Å². The number of halogens is 1. The Morgan fingerprint density at radius 2 is 1.66 bits per heavy atom. The van der Waals surface area contributed by atoms with Crippen molar-refractivity contribution in [3.8, 4) is 0 Å². The summed E-state index contributed by atoms with van der Waals surface area (Å²) in [5.41, 5.74) is 3.04. The van der Waals surface area contributed by atoms with E-state index in [1.807, 2.05) is 71.8 Å². The second-order valence-electron chi connectivity index (χ2n) is 7.33. The lowest BCUT2D eigenvalue weighted by molar-refractivity contribution is -0.133. The molecular weight excluding hydrogens is 382 g/mol. The first-order chi connectivity index (χ1) is 14.2. The summed E-state index contributed by atoms with van der Waals surface area (Å²) in [6.07, 6.45) is 3.69. The molecule has 1 fully saturated rings. The van der Waals surface area contributed by atoms with Crippen LogP contribution in [0.5, 0.6) is 0 Å². The van der Waals surface area contributed by atoms with E-state index in [4.69, 9.17) is 11.6 Å². The van der Waals surface area contributed by atoms with Crippen molar-refractivity contribution < 1.29 is 4.79 Å². The summed E-state index contributed by atoms with van der Waals surface area (Å²) in [6.45, 7) is 4.00. The van der Waals surface area contributed by atoms with Gasteiger partial charge in [0.2, 0.25) is 5.91 Å². The van der Waals surface area contributed by atoms with Crippen molar-refractivity contribution in [2.75, 3.05) is 26.2 Å². The minimum atomic E-state index is -0.380. The third-order valence-corrected chi connectivity index (χ3v) is 5.75. The SMILES string of the molecule is O=C(C(c1ccccc1)c1ccccc1Cl)N1CCN(Cc2cccnc2)CC1. The van der Waals surface area contributed by atoms with E-state index in [1.54, 1.807) is 6.20 Å². The summed E-state index contributed by atoms with van der Waals surface area (Å²) >= 11 is 6.48. The van der Waals surface area contributed by atoms with Gasteiger partial charge in [0.05, 0.1) is 5.92 Å². The number of hydrogen-bond donors (Lipinski definition) is 0. The van der Waals surface area contributed by atoms with E-state index < -0.39 is 0 Å². The molecule has 1 aromatic heterocycles. The van der Waals surface area contributed by atoms with Gasteiger partial charge in [-0.2, -0.15) is 0 Å². The van der Waals surface area contributed by atoms with Crippen LogP contribution in [0.2, 0.25) is 5.02 Å². The number of amides is 1. The Hall–Kier alpha value is -2.69. The molecule has 1 atom stereocenters. The Morgan fingerprint density at radius 3 is 2.34 bits per heavy atom. The van der Waals surface area contributed by atoms with Gasteiger partial charge in [0.1, 0.15) is 0 Å². The molecule has 1 saturated heterocycles. The van der Waals surface area contributed by atoms with E-state index in [-0.39, 0.29) is 11.8 Å². The zero-order valence-corrected chi connectivity index (χ0v) is 17.0. The van der Waals surface area contributed by atoms with Crippen LogP contribution >= 0.6 is 11.6 Å². The van der Waals surface area contributed by atoms with Crippen molar-refractivity contribution in [2.45, 2.75) is 12.5 Å². The third kappa shape index (κ3) is 4.66. The highest BCUT2D eigenvalue weighted by Crippen LogP contribution is 2.32. The quantitative estimate of drug-likeness (QED) is 0.638. The Labute approximate surface area is 176 Å². The Morgan fingerprint density at radius 1 is 0.931 bits per heavy atom. The number of aromatic nitrogens is 1. The molecule has 0 radical (unpaired) electrons. The molecule has 0 bridgehead atoms. The molecule has 5 heteroatoms. The Kier molecular flexibility index (Phi) is 6.23. The molecule has 29 heavy (non-hydrogen) atoms. The van der Waals surface area contributed by atoms with Crippen LogP contribution in [0.4, 0.5) is 0 Å². The average Bonchev–Trinajstić information content (AvgIpc) is 2.77. The lowest BCUT2D eigenvalue weighted by Gasteiger charge is -2.36. The number of nitrogens with zero attached hydrogens (tertiary/aromatic N) is 3. The summed E-state index contributed by atoms with van der Waals surface area (Å²) in [6, 6.07) is 21.6. The van der Waals surface area contributed by atoms with E-state index in [1.165, 1.54) is 5.56 Å². The van der Waals surface area contributed by atoms with Crippen molar-refractivity contribution in [1.82, 2.24) is 14.8 Å². The number of benzene rings is 2. The predicted molar refractivity (Wildman–Crippen MR) is 116 cm³/mol. The standard InChI is InChI=1S/C24H24ClN3O/c25-22-11-5-4-10-21(22)23(20-8-2-1-3-9-20)24(29)28-15-13-27(14-16-28)18-19-7-6-12-26-17-19/h1-12,17,23H,13-16,18H2. The van der Waals surface area contributed by atoms with Crippen molar-refractivity contribution in [3.63, 3.8) is 0 Å². The van der Waals surface area contributed by atoms with Gasteiger partial charge >= 0.3 is 0 Å². The third-order valence-electron chi connectivity index (χ3n) is 5.41. The van der Waals surface area contributed by atoms with Crippen LogP contribution in [0.25, 0.3) is 0 Å². The minimum absolute atomic E-state index is 0.116. The molecule has 4 nitrogen and oxygen atoms in total. The largest absolute Gasteiger partial charge is 0.339 e. The second-order valence-corrected chi connectivity index (χ2v) is 7.74. The molecular formula is C24H24ClN3O. The molecule has 0 N–H and O–H groups in total. The van der Waals surface area contributed by atoms with Crippen LogP contribution in [0.3, 0.4) is 0 Å². The number of rotatable bonds is 5. The molecule has 0 aliphatic carbocycles. The van der Waals surface area contributed by atoms with Gasteiger partial charge in [0.15, 0.2) is 0 Å². The van der Waals surface area contributed by atoms with Crippen LogP contribution in [-0.4, -0.2) is 46.9 Å². The van der Waals surface area contributed by atoms with Crippen molar-refractivity contribution >= 4 is 17.5 Å². The van der Waals surface area contributed by atoms with E-state index in [9.17, 15) is 4.79 Å². The van der Waals surface area contributed by atoms with E-state index >= 15 is 0 Å². The van der Waals surface area contributed by atoms with Crippen LogP contribution in [0, 0.1) is 0 Å². The van der Waals surface area contributed by atoms with Gasteiger partial charge in [-0.05, 0) is 28.8 Å². The number of carbonyl (C=O) groups is 1. The predicted octanol–water partition coefficient (Wildman–Crippen LogP) is 4.21. The lowest BCUT2D eigenvalue weighted by Crippen LogP contribution is -2.49. The average molecular weight is 406 g/mol. The number of pyridine rings is 1. The molecule has 2 aromatic carbocycles. The van der Waals surface area contributed by atoms with Crippen LogP contribution in [-0.2, 0) is 11.3 Å². The maximum Gasteiger partial charge on any atom is 0.234 e. The highest BCUT2D eigenvalue weighted by molar-refractivity contribution is 6.31. The summed E-state index contributed by atoms with van der Waals surface area (Å²) in [5, 5.41) is 0.630. The van der Waals surface area contributed by atoms with Crippen LogP contribution < -0.4 is 0 Å². The van der Waals surface area contributed by atoms with Gasteiger partial charge in [0.25, 0.3) is 0 Å². The maximum absolute atomic E-state index is 13.6. The molecule has 1 unspecified atom stereocenters. The zero-order chi connectivity index (χ0) is 20.1. The molecule has 2 heterocycles. The Bertz CT molecular complexity index is 941. The van der Waals surface area contributed by atoms with Crippen molar-refractivity contribution in [3.05, 3.63) is 101 Å². The summed E-state index contributed by atoms with van der Waals surface area (Å²) in [7, 11) is 0. The monoisotopic (exact) mass is 405 g/mol. The summed E-state index contributed by atoms with van der Waals surface area (Å²) < 4.78 is 0. The van der Waals surface area contributed by atoms with Gasteiger partial charge in [0, 0.05) is 50.1 Å². The first kappa shape index (κ1) is 19.6.